The molecule has 0 aliphatic carbocycles. The van der Waals surface area contributed by atoms with Gasteiger partial charge in [-0.05, 0) is 33.5 Å². The highest BCUT2D eigenvalue weighted by Gasteiger charge is 1.95. The van der Waals surface area contributed by atoms with Crippen LogP contribution in [0.2, 0.25) is 0 Å². The molecule has 2 N–H and O–H groups in total. The highest BCUT2D eigenvalue weighted by atomic mass is 15.2. The first kappa shape index (κ1) is 13.2. The van der Waals surface area contributed by atoms with Gasteiger partial charge >= 0.3 is 0 Å². The largest absolute Gasteiger partial charge is 0.356 e. The van der Waals surface area contributed by atoms with Crippen molar-refractivity contribution in [1.82, 2.24) is 15.5 Å². The zero-order chi connectivity index (χ0) is 10.8. The summed E-state index contributed by atoms with van der Waals surface area (Å²) in [4.78, 5) is 6.31. The van der Waals surface area contributed by atoms with Crippen molar-refractivity contribution < 1.29 is 0 Å². The van der Waals surface area contributed by atoms with Gasteiger partial charge in [-0.3, -0.25) is 4.99 Å². The van der Waals surface area contributed by atoms with Crippen LogP contribution in [0, 0.1) is 0 Å². The van der Waals surface area contributed by atoms with Crippen LogP contribution in [-0.4, -0.2) is 51.6 Å². The SMILES string of the molecule is CCCNC(=NC)NCCCN(C)C. The first-order valence-corrected chi connectivity index (χ1v) is 5.30. The highest BCUT2D eigenvalue weighted by molar-refractivity contribution is 5.79. The Bertz CT molecular complexity index is 154. The number of nitrogens with zero attached hydrogens (tertiary/aromatic N) is 2. The lowest BCUT2D eigenvalue weighted by atomic mass is 10.4. The fourth-order valence-corrected chi connectivity index (χ4v) is 1.07. The van der Waals surface area contributed by atoms with Crippen molar-refractivity contribution in [1.29, 1.82) is 0 Å². The van der Waals surface area contributed by atoms with Gasteiger partial charge in [-0.25, -0.2) is 0 Å². The van der Waals surface area contributed by atoms with E-state index in [1.54, 1.807) is 7.05 Å². The molecule has 0 aliphatic heterocycles. The predicted molar refractivity (Wildman–Crippen MR) is 62.8 cm³/mol. The molecule has 0 saturated carbocycles. The predicted octanol–water partition coefficient (Wildman–Crippen LogP) is 0.513. The molecular formula is C10H24N4. The van der Waals surface area contributed by atoms with Gasteiger partial charge in [0, 0.05) is 20.1 Å². The summed E-state index contributed by atoms with van der Waals surface area (Å²) in [6.45, 7) is 5.21. The van der Waals surface area contributed by atoms with E-state index < -0.39 is 0 Å². The molecule has 0 aromatic carbocycles. The molecule has 0 spiro atoms. The molecule has 0 unspecified atom stereocenters. The van der Waals surface area contributed by atoms with Gasteiger partial charge in [0.25, 0.3) is 0 Å². The fourth-order valence-electron chi connectivity index (χ4n) is 1.07. The van der Waals surface area contributed by atoms with Crippen LogP contribution < -0.4 is 10.6 Å². The molecule has 0 saturated heterocycles. The number of aliphatic imine (C=N–C) groups is 1. The van der Waals surface area contributed by atoms with Crippen molar-refractivity contribution in [3.05, 3.63) is 0 Å². The minimum atomic E-state index is 0.908. The van der Waals surface area contributed by atoms with Gasteiger partial charge in [0.2, 0.25) is 0 Å². The molecule has 0 fully saturated rings. The van der Waals surface area contributed by atoms with Gasteiger partial charge in [-0.1, -0.05) is 6.92 Å². The van der Waals surface area contributed by atoms with E-state index >= 15 is 0 Å². The Morgan fingerprint density at radius 2 is 1.86 bits per heavy atom. The molecular weight excluding hydrogens is 176 g/mol. The molecule has 0 bridgehead atoms. The number of rotatable bonds is 6. The Labute approximate surface area is 87.8 Å². The van der Waals surface area contributed by atoms with E-state index in [4.69, 9.17) is 0 Å². The molecule has 0 aliphatic rings. The normalized spacial score (nSPS) is 11.9. The third kappa shape index (κ3) is 7.86. The maximum atomic E-state index is 4.12. The van der Waals surface area contributed by atoms with E-state index in [2.05, 4.69) is 41.5 Å². The van der Waals surface area contributed by atoms with Crippen LogP contribution >= 0.6 is 0 Å². The summed E-state index contributed by atoms with van der Waals surface area (Å²) in [5, 5.41) is 6.50. The minimum absolute atomic E-state index is 0.908. The molecule has 0 amide bonds. The first-order chi connectivity index (χ1) is 6.70. The van der Waals surface area contributed by atoms with Gasteiger partial charge in [0.1, 0.15) is 0 Å². The van der Waals surface area contributed by atoms with Crippen LogP contribution in [0.4, 0.5) is 0 Å². The smallest absolute Gasteiger partial charge is 0.190 e. The third-order valence-electron chi connectivity index (χ3n) is 1.84. The minimum Gasteiger partial charge on any atom is -0.356 e. The summed E-state index contributed by atoms with van der Waals surface area (Å²) < 4.78 is 0. The molecule has 4 nitrogen and oxygen atoms in total. The maximum Gasteiger partial charge on any atom is 0.190 e. The van der Waals surface area contributed by atoms with Crippen molar-refractivity contribution in [2.45, 2.75) is 19.8 Å². The molecule has 4 heteroatoms. The number of nitrogens with one attached hydrogen (secondary N) is 2. The monoisotopic (exact) mass is 200 g/mol. The lowest BCUT2D eigenvalue weighted by Crippen LogP contribution is -2.38. The summed E-state index contributed by atoms with van der Waals surface area (Å²) in [6, 6.07) is 0. The van der Waals surface area contributed by atoms with E-state index in [0.29, 0.717) is 0 Å². The van der Waals surface area contributed by atoms with Crippen LogP contribution in [0.15, 0.2) is 4.99 Å². The number of guanidine groups is 1. The molecule has 0 aromatic rings. The first-order valence-electron chi connectivity index (χ1n) is 5.30. The molecule has 0 aromatic heterocycles. The Morgan fingerprint density at radius 3 is 2.36 bits per heavy atom. The van der Waals surface area contributed by atoms with Gasteiger partial charge in [0.05, 0.1) is 0 Å². The van der Waals surface area contributed by atoms with Crippen molar-refractivity contribution in [2.24, 2.45) is 4.99 Å². The molecule has 0 radical (unpaired) electrons. The quantitative estimate of drug-likeness (QED) is 0.373. The van der Waals surface area contributed by atoms with Crippen molar-refractivity contribution in [3.63, 3.8) is 0 Å². The second-order valence-electron chi connectivity index (χ2n) is 3.58. The topological polar surface area (TPSA) is 39.7 Å². The number of hydrogen-bond donors (Lipinski definition) is 2. The Balaban J connectivity index is 3.44. The second kappa shape index (κ2) is 8.81. The van der Waals surface area contributed by atoms with Crippen LogP contribution in [-0.2, 0) is 0 Å². The Kier molecular flexibility index (Phi) is 8.33. The standard InChI is InChI=1S/C10H24N4/c1-5-7-12-10(11-2)13-8-6-9-14(3)4/h5-9H2,1-4H3,(H2,11,12,13). The van der Waals surface area contributed by atoms with E-state index in [0.717, 1.165) is 38.4 Å². The van der Waals surface area contributed by atoms with E-state index in [9.17, 15) is 0 Å². The van der Waals surface area contributed by atoms with Gasteiger partial charge in [-0.15, -0.1) is 0 Å². The summed E-state index contributed by atoms with van der Waals surface area (Å²) >= 11 is 0. The lowest BCUT2D eigenvalue weighted by molar-refractivity contribution is 0.399. The van der Waals surface area contributed by atoms with Gasteiger partial charge < -0.3 is 15.5 Å². The molecule has 0 atom stereocenters. The van der Waals surface area contributed by atoms with E-state index in [-0.39, 0.29) is 0 Å². The van der Waals surface area contributed by atoms with Crippen molar-refractivity contribution in [2.75, 3.05) is 40.8 Å². The fraction of sp³-hybridized carbons (Fsp3) is 0.900. The zero-order valence-corrected chi connectivity index (χ0v) is 9.93. The van der Waals surface area contributed by atoms with Crippen LogP contribution in [0.25, 0.3) is 0 Å². The highest BCUT2D eigenvalue weighted by Crippen LogP contribution is 1.81. The molecule has 14 heavy (non-hydrogen) atoms. The zero-order valence-electron chi connectivity index (χ0n) is 9.93. The molecule has 0 rings (SSSR count). The van der Waals surface area contributed by atoms with Gasteiger partial charge in [-0.2, -0.15) is 0 Å². The van der Waals surface area contributed by atoms with Crippen LogP contribution in [0.1, 0.15) is 19.8 Å². The number of hydrogen-bond acceptors (Lipinski definition) is 2. The van der Waals surface area contributed by atoms with E-state index in [1.165, 1.54) is 0 Å². The molecule has 0 heterocycles. The summed E-state index contributed by atoms with van der Waals surface area (Å²) in [5.41, 5.74) is 0. The van der Waals surface area contributed by atoms with Crippen LogP contribution in [0.5, 0.6) is 0 Å². The van der Waals surface area contributed by atoms with Crippen molar-refractivity contribution in [3.8, 4) is 0 Å². The average molecular weight is 200 g/mol. The third-order valence-corrected chi connectivity index (χ3v) is 1.84. The lowest BCUT2D eigenvalue weighted by Gasteiger charge is -2.12. The summed E-state index contributed by atoms with van der Waals surface area (Å²) in [5.74, 6) is 0.908. The Hall–Kier alpha value is -0.770. The second-order valence-corrected chi connectivity index (χ2v) is 3.58. The van der Waals surface area contributed by atoms with E-state index in [1.807, 2.05) is 0 Å². The molecule has 84 valence electrons. The Morgan fingerprint density at radius 1 is 1.21 bits per heavy atom. The van der Waals surface area contributed by atoms with Gasteiger partial charge in [0.15, 0.2) is 5.96 Å². The summed E-state index contributed by atoms with van der Waals surface area (Å²) in [7, 11) is 5.98. The summed E-state index contributed by atoms with van der Waals surface area (Å²) in [6.07, 6.45) is 2.26. The average Bonchev–Trinajstić information content (AvgIpc) is 2.16. The van der Waals surface area contributed by atoms with Crippen molar-refractivity contribution >= 4 is 5.96 Å². The van der Waals surface area contributed by atoms with Crippen LogP contribution in [0.3, 0.4) is 0 Å². The maximum absolute atomic E-state index is 4.12.